The van der Waals surface area contributed by atoms with Gasteiger partial charge in [-0.25, -0.2) is 0 Å². The van der Waals surface area contributed by atoms with E-state index in [1.54, 1.807) is 0 Å². The minimum atomic E-state index is -0.437. The fourth-order valence-electron chi connectivity index (χ4n) is 2.60. The molecular weight excluding hydrogens is 264 g/mol. The molecule has 1 aromatic carbocycles. The second kappa shape index (κ2) is 6.76. The van der Waals surface area contributed by atoms with Gasteiger partial charge < -0.3 is 15.5 Å². The molecule has 0 radical (unpaired) electrons. The van der Waals surface area contributed by atoms with Crippen molar-refractivity contribution in [3.63, 3.8) is 0 Å². The smallest absolute Gasteiger partial charge is 0.227 e. The Hall–Kier alpha value is -1.81. The topological polar surface area (TPSA) is 68.3 Å². The number of furan rings is 1. The molecule has 1 amide bonds. The van der Waals surface area contributed by atoms with E-state index in [1.165, 1.54) is 0 Å². The van der Waals surface area contributed by atoms with Gasteiger partial charge in [-0.2, -0.15) is 0 Å². The lowest BCUT2D eigenvalue weighted by molar-refractivity contribution is -0.131. The van der Waals surface area contributed by atoms with Crippen LogP contribution in [0.15, 0.2) is 34.7 Å². The standard InChI is InChI=1S/C17H24N2O2/c1-3-17(4-2,12-18)16(20)19-10-9-14-11-13-7-5-6-8-15(13)21-14/h5-8,11H,3-4,9-10,12,18H2,1-2H3,(H,19,20). The van der Waals surface area contributed by atoms with Crippen molar-refractivity contribution >= 4 is 16.9 Å². The molecule has 3 N–H and O–H groups in total. The SMILES string of the molecule is CCC(CC)(CN)C(=O)NCCc1cc2ccccc2o1. The monoisotopic (exact) mass is 288 g/mol. The summed E-state index contributed by atoms with van der Waals surface area (Å²) in [4.78, 5) is 12.3. The first-order chi connectivity index (χ1) is 10.1. The van der Waals surface area contributed by atoms with Crippen LogP contribution in [-0.2, 0) is 11.2 Å². The van der Waals surface area contributed by atoms with E-state index in [0.717, 1.165) is 29.6 Å². The second-order valence-corrected chi connectivity index (χ2v) is 5.45. The predicted octanol–water partition coefficient (Wildman–Crippen LogP) is 2.86. The highest BCUT2D eigenvalue weighted by Crippen LogP contribution is 2.25. The van der Waals surface area contributed by atoms with Crippen molar-refractivity contribution in [2.45, 2.75) is 33.1 Å². The molecule has 0 aliphatic carbocycles. The summed E-state index contributed by atoms with van der Waals surface area (Å²) in [6.45, 7) is 4.97. The Morgan fingerprint density at radius 3 is 2.62 bits per heavy atom. The Labute approximate surface area is 125 Å². The first-order valence-corrected chi connectivity index (χ1v) is 7.61. The van der Waals surface area contributed by atoms with E-state index in [-0.39, 0.29) is 5.91 Å². The highest BCUT2D eigenvalue weighted by Gasteiger charge is 2.32. The van der Waals surface area contributed by atoms with Crippen molar-refractivity contribution in [1.29, 1.82) is 0 Å². The molecule has 1 aromatic heterocycles. The number of carbonyl (C=O) groups excluding carboxylic acids is 1. The Morgan fingerprint density at radius 2 is 2.00 bits per heavy atom. The normalized spacial score (nSPS) is 11.8. The van der Waals surface area contributed by atoms with Crippen LogP contribution in [0.3, 0.4) is 0 Å². The van der Waals surface area contributed by atoms with Crippen molar-refractivity contribution in [2.24, 2.45) is 11.1 Å². The Kier molecular flexibility index (Phi) is 5.02. The molecule has 0 atom stereocenters. The molecule has 0 fully saturated rings. The molecule has 0 saturated heterocycles. The number of rotatable bonds is 7. The number of para-hydroxylation sites is 1. The Bertz CT molecular complexity index is 558. The lowest BCUT2D eigenvalue weighted by Crippen LogP contribution is -2.45. The van der Waals surface area contributed by atoms with Gasteiger partial charge >= 0.3 is 0 Å². The van der Waals surface area contributed by atoms with Crippen molar-refractivity contribution in [1.82, 2.24) is 5.32 Å². The van der Waals surface area contributed by atoms with Gasteiger partial charge in [-0.3, -0.25) is 4.79 Å². The zero-order valence-electron chi connectivity index (χ0n) is 12.8. The molecule has 21 heavy (non-hydrogen) atoms. The van der Waals surface area contributed by atoms with Gasteiger partial charge in [0.2, 0.25) is 5.91 Å². The van der Waals surface area contributed by atoms with E-state index < -0.39 is 5.41 Å². The van der Waals surface area contributed by atoms with Gasteiger partial charge in [0, 0.05) is 24.9 Å². The number of hydrogen-bond acceptors (Lipinski definition) is 3. The van der Waals surface area contributed by atoms with Crippen LogP contribution in [0.1, 0.15) is 32.4 Å². The predicted molar refractivity (Wildman–Crippen MR) is 85.0 cm³/mol. The first-order valence-electron chi connectivity index (χ1n) is 7.61. The molecule has 4 heteroatoms. The van der Waals surface area contributed by atoms with E-state index in [9.17, 15) is 4.79 Å². The highest BCUT2D eigenvalue weighted by atomic mass is 16.3. The van der Waals surface area contributed by atoms with Crippen LogP contribution in [0, 0.1) is 5.41 Å². The molecule has 1 heterocycles. The van der Waals surface area contributed by atoms with Gasteiger partial charge in [-0.05, 0) is 25.0 Å². The number of nitrogens with two attached hydrogens (primary N) is 1. The highest BCUT2D eigenvalue weighted by molar-refractivity contribution is 5.82. The molecule has 2 aromatic rings. The average molecular weight is 288 g/mol. The van der Waals surface area contributed by atoms with Crippen molar-refractivity contribution in [3.8, 4) is 0 Å². The first kappa shape index (κ1) is 15.6. The molecule has 0 saturated carbocycles. The maximum Gasteiger partial charge on any atom is 0.227 e. The number of amides is 1. The molecule has 0 spiro atoms. The van der Waals surface area contributed by atoms with Crippen LogP contribution in [0.25, 0.3) is 11.0 Å². The molecule has 0 bridgehead atoms. The van der Waals surface area contributed by atoms with Crippen molar-refractivity contribution in [2.75, 3.05) is 13.1 Å². The van der Waals surface area contributed by atoms with Gasteiger partial charge in [0.1, 0.15) is 11.3 Å². The number of fused-ring (bicyclic) bond motifs is 1. The molecule has 114 valence electrons. The third kappa shape index (κ3) is 3.27. The third-order valence-electron chi connectivity index (χ3n) is 4.36. The molecule has 2 rings (SSSR count). The van der Waals surface area contributed by atoms with E-state index in [0.29, 0.717) is 19.5 Å². The fraction of sp³-hybridized carbons (Fsp3) is 0.471. The quantitative estimate of drug-likeness (QED) is 0.823. The van der Waals surface area contributed by atoms with Gasteiger partial charge in [0.05, 0.1) is 5.41 Å². The maximum atomic E-state index is 12.3. The number of nitrogens with one attached hydrogen (secondary N) is 1. The summed E-state index contributed by atoms with van der Waals surface area (Å²) < 4.78 is 5.74. The summed E-state index contributed by atoms with van der Waals surface area (Å²) in [5.74, 6) is 0.939. The summed E-state index contributed by atoms with van der Waals surface area (Å²) in [5.41, 5.74) is 6.23. The molecule has 0 aliphatic heterocycles. The largest absolute Gasteiger partial charge is 0.461 e. The van der Waals surface area contributed by atoms with Crippen LogP contribution in [-0.4, -0.2) is 19.0 Å². The average Bonchev–Trinajstić information content (AvgIpc) is 2.92. The Morgan fingerprint density at radius 1 is 1.29 bits per heavy atom. The van der Waals surface area contributed by atoms with Crippen LogP contribution in [0.5, 0.6) is 0 Å². The van der Waals surface area contributed by atoms with E-state index in [4.69, 9.17) is 10.2 Å². The number of hydrogen-bond donors (Lipinski definition) is 2. The van der Waals surface area contributed by atoms with E-state index >= 15 is 0 Å². The Balaban J connectivity index is 1.93. The molecule has 0 aliphatic rings. The maximum absolute atomic E-state index is 12.3. The second-order valence-electron chi connectivity index (χ2n) is 5.45. The van der Waals surface area contributed by atoms with Crippen molar-refractivity contribution in [3.05, 3.63) is 36.1 Å². The lowest BCUT2D eigenvalue weighted by atomic mass is 9.81. The summed E-state index contributed by atoms with van der Waals surface area (Å²) in [5, 5.41) is 4.08. The van der Waals surface area contributed by atoms with E-state index in [2.05, 4.69) is 5.32 Å². The minimum Gasteiger partial charge on any atom is -0.461 e. The van der Waals surface area contributed by atoms with Gasteiger partial charge in [0.15, 0.2) is 0 Å². The lowest BCUT2D eigenvalue weighted by Gasteiger charge is -2.28. The summed E-state index contributed by atoms with van der Waals surface area (Å²) in [6.07, 6.45) is 2.21. The fourth-order valence-corrected chi connectivity index (χ4v) is 2.60. The molecule has 0 unspecified atom stereocenters. The van der Waals surface area contributed by atoms with Gasteiger partial charge in [-0.1, -0.05) is 32.0 Å². The van der Waals surface area contributed by atoms with Gasteiger partial charge in [-0.15, -0.1) is 0 Å². The summed E-state index contributed by atoms with van der Waals surface area (Å²) >= 11 is 0. The summed E-state index contributed by atoms with van der Waals surface area (Å²) in [6, 6.07) is 9.94. The van der Waals surface area contributed by atoms with Crippen LogP contribution in [0.4, 0.5) is 0 Å². The van der Waals surface area contributed by atoms with Crippen molar-refractivity contribution < 1.29 is 9.21 Å². The zero-order chi connectivity index (χ0) is 15.3. The van der Waals surface area contributed by atoms with E-state index in [1.807, 2.05) is 44.2 Å². The van der Waals surface area contributed by atoms with Crippen LogP contribution in [0.2, 0.25) is 0 Å². The number of carbonyl (C=O) groups is 1. The molecule has 4 nitrogen and oxygen atoms in total. The van der Waals surface area contributed by atoms with Gasteiger partial charge in [0.25, 0.3) is 0 Å². The molecular formula is C17H24N2O2. The van der Waals surface area contributed by atoms with Crippen LogP contribution >= 0.6 is 0 Å². The summed E-state index contributed by atoms with van der Waals surface area (Å²) in [7, 11) is 0. The minimum absolute atomic E-state index is 0.0473. The zero-order valence-corrected chi connectivity index (χ0v) is 12.8. The number of benzene rings is 1. The van der Waals surface area contributed by atoms with Crippen LogP contribution < -0.4 is 11.1 Å². The third-order valence-corrected chi connectivity index (χ3v) is 4.36.